The summed E-state index contributed by atoms with van der Waals surface area (Å²) in [4.78, 5) is 28.4. The van der Waals surface area contributed by atoms with E-state index < -0.39 is 6.04 Å². The van der Waals surface area contributed by atoms with E-state index in [9.17, 15) is 9.59 Å². The summed E-state index contributed by atoms with van der Waals surface area (Å²) >= 11 is 1.39. The topological polar surface area (TPSA) is 61.4 Å². The predicted octanol–water partition coefficient (Wildman–Crippen LogP) is 2.94. The molecule has 5 nitrogen and oxygen atoms in total. The monoisotopic (exact) mass is 399 g/mol. The molecule has 1 aliphatic rings. The summed E-state index contributed by atoms with van der Waals surface area (Å²) < 4.78 is 0. The van der Waals surface area contributed by atoms with Crippen LogP contribution in [0.25, 0.3) is 0 Å². The highest BCUT2D eigenvalue weighted by Crippen LogP contribution is 2.18. The van der Waals surface area contributed by atoms with Crippen LogP contribution in [0.5, 0.6) is 0 Å². The highest BCUT2D eigenvalue weighted by Gasteiger charge is 2.29. The molecular formula is C22H29N3O2S. The van der Waals surface area contributed by atoms with Crippen LogP contribution in [0.3, 0.4) is 0 Å². The van der Waals surface area contributed by atoms with Gasteiger partial charge in [0.1, 0.15) is 6.04 Å². The summed E-state index contributed by atoms with van der Waals surface area (Å²) in [6.07, 6.45) is 2.53. The largest absolute Gasteiger partial charge is 0.341 e. The second-order valence-electron chi connectivity index (χ2n) is 7.27. The third-order valence-corrected chi connectivity index (χ3v) is 6.11. The summed E-state index contributed by atoms with van der Waals surface area (Å²) in [6, 6.07) is 13.0. The number of nitrogens with one attached hydrogen (secondary N) is 2. The van der Waals surface area contributed by atoms with Crippen molar-refractivity contribution in [2.24, 2.45) is 5.92 Å². The van der Waals surface area contributed by atoms with E-state index in [4.69, 9.17) is 0 Å². The van der Waals surface area contributed by atoms with E-state index in [0.717, 1.165) is 44.6 Å². The lowest BCUT2D eigenvalue weighted by atomic mass is 9.95. The third kappa shape index (κ3) is 5.66. The Balaban J connectivity index is 1.65. The van der Waals surface area contributed by atoms with Gasteiger partial charge >= 0.3 is 0 Å². The van der Waals surface area contributed by atoms with Gasteiger partial charge in [0.05, 0.1) is 4.88 Å². The van der Waals surface area contributed by atoms with Crippen molar-refractivity contribution < 1.29 is 9.59 Å². The van der Waals surface area contributed by atoms with Crippen LogP contribution >= 0.6 is 11.3 Å². The quantitative estimate of drug-likeness (QED) is 0.717. The number of carbonyl (C=O) groups excluding carboxylic acids is 2. The Morgan fingerprint density at radius 2 is 1.89 bits per heavy atom. The van der Waals surface area contributed by atoms with Crippen molar-refractivity contribution in [3.8, 4) is 0 Å². The average molecular weight is 400 g/mol. The van der Waals surface area contributed by atoms with E-state index in [-0.39, 0.29) is 11.8 Å². The summed E-state index contributed by atoms with van der Waals surface area (Å²) in [5.41, 5.74) is 1.05. The van der Waals surface area contributed by atoms with Gasteiger partial charge in [-0.1, -0.05) is 43.3 Å². The first kappa shape index (κ1) is 20.6. The summed E-state index contributed by atoms with van der Waals surface area (Å²) in [6.45, 7) is 5.63. The molecule has 3 rings (SSSR count). The molecule has 0 spiro atoms. The molecule has 1 aliphatic heterocycles. The van der Waals surface area contributed by atoms with Crippen molar-refractivity contribution in [3.05, 3.63) is 58.3 Å². The molecule has 1 fully saturated rings. The number of thiophene rings is 1. The zero-order valence-corrected chi connectivity index (χ0v) is 17.2. The second kappa shape index (κ2) is 10.4. The maximum absolute atomic E-state index is 13.2. The maximum Gasteiger partial charge on any atom is 0.262 e. The fourth-order valence-electron chi connectivity index (χ4n) is 3.61. The molecule has 2 heterocycles. The Bertz CT molecular complexity index is 740. The van der Waals surface area contributed by atoms with Crippen molar-refractivity contribution in [2.45, 2.75) is 32.2 Å². The molecule has 1 saturated heterocycles. The van der Waals surface area contributed by atoms with Crippen LogP contribution in [0.4, 0.5) is 0 Å². The van der Waals surface area contributed by atoms with Gasteiger partial charge in [-0.15, -0.1) is 11.3 Å². The van der Waals surface area contributed by atoms with Gasteiger partial charge in [-0.25, -0.2) is 0 Å². The molecule has 1 aromatic heterocycles. The number of hydrogen-bond acceptors (Lipinski definition) is 4. The molecule has 0 bridgehead atoms. The molecule has 1 aromatic carbocycles. The SMILES string of the molecule is CCNCC1CCN(C(=O)C(Cc2ccccc2)NC(=O)c2cccs2)CC1. The normalized spacial score (nSPS) is 16.0. The Hall–Kier alpha value is -2.18. The number of benzene rings is 1. The number of hydrogen-bond donors (Lipinski definition) is 2. The van der Waals surface area contributed by atoms with E-state index >= 15 is 0 Å². The summed E-state index contributed by atoms with van der Waals surface area (Å²) in [5, 5.41) is 8.25. The minimum absolute atomic E-state index is 0.0238. The molecule has 2 amide bonds. The molecule has 1 atom stereocenters. The van der Waals surface area contributed by atoms with E-state index in [1.807, 2.05) is 46.7 Å². The zero-order chi connectivity index (χ0) is 19.8. The Kier molecular flexibility index (Phi) is 7.62. The predicted molar refractivity (Wildman–Crippen MR) is 114 cm³/mol. The van der Waals surface area contributed by atoms with E-state index in [1.165, 1.54) is 11.3 Å². The van der Waals surface area contributed by atoms with E-state index in [0.29, 0.717) is 17.2 Å². The van der Waals surface area contributed by atoms with Crippen molar-refractivity contribution in [3.63, 3.8) is 0 Å². The van der Waals surface area contributed by atoms with Crippen LogP contribution < -0.4 is 10.6 Å². The molecule has 28 heavy (non-hydrogen) atoms. The van der Waals surface area contributed by atoms with Gasteiger partial charge in [0.2, 0.25) is 5.91 Å². The molecule has 2 aromatic rings. The van der Waals surface area contributed by atoms with Gasteiger partial charge < -0.3 is 15.5 Å². The number of rotatable bonds is 8. The molecule has 6 heteroatoms. The Morgan fingerprint density at radius 1 is 1.14 bits per heavy atom. The van der Waals surface area contributed by atoms with E-state index in [2.05, 4.69) is 17.6 Å². The van der Waals surface area contributed by atoms with Gasteiger partial charge in [0.15, 0.2) is 0 Å². The zero-order valence-electron chi connectivity index (χ0n) is 16.4. The van der Waals surface area contributed by atoms with Gasteiger partial charge in [-0.3, -0.25) is 9.59 Å². The number of nitrogens with zero attached hydrogens (tertiary/aromatic N) is 1. The highest BCUT2D eigenvalue weighted by molar-refractivity contribution is 7.12. The van der Waals surface area contributed by atoms with Crippen molar-refractivity contribution in [1.29, 1.82) is 0 Å². The van der Waals surface area contributed by atoms with Gasteiger partial charge in [0.25, 0.3) is 5.91 Å². The van der Waals surface area contributed by atoms with Crippen molar-refractivity contribution in [2.75, 3.05) is 26.2 Å². The first-order chi connectivity index (χ1) is 13.7. The minimum atomic E-state index is -0.540. The molecule has 150 valence electrons. The number of piperidine rings is 1. The average Bonchev–Trinajstić information content (AvgIpc) is 3.27. The summed E-state index contributed by atoms with van der Waals surface area (Å²) in [5.74, 6) is 0.472. The smallest absolute Gasteiger partial charge is 0.262 e. The molecule has 2 N–H and O–H groups in total. The van der Waals surface area contributed by atoms with Gasteiger partial charge in [-0.05, 0) is 48.9 Å². The van der Waals surface area contributed by atoms with Crippen LogP contribution in [0.2, 0.25) is 0 Å². The van der Waals surface area contributed by atoms with Crippen molar-refractivity contribution >= 4 is 23.2 Å². The van der Waals surface area contributed by atoms with Crippen LogP contribution in [-0.4, -0.2) is 48.9 Å². The van der Waals surface area contributed by atoms with E-state index in [1.54, 1.807) is 6.07 Å². The fourth-order valence-corrected chi connectivity index (χ4v) is 4.24. The lowest BCUT2D eigenvalue weighted by Gasteiger charge is -2.34. The van der Waals surface area contributed by atoms with Crippen LogP contribution in [0.15, 0.2) is 47.8 Å². The summed E-state index contributed by atoms with van der Waals surface area (Å²) in [7, 11) is 0. The lowest BCUT2D eigenvalue weighted by molar-refractivity contribution is -0.134. The van der Waals surface area contributed by atoms with Gasteiger partial charge in [0, 0.05) is 19.5 Å². The second-order valence-corrected chi connectivity index (χ2v) is 8.22. The fraction of sp³-hybridized carbons (Fsp3) is 0.455. The van der Waals surface area contributed by atoms with Crippen LogP contribution in [0, 0.1) is 5.92 Å². The molecule has 1 unspecified atom stereocenters. The maximum atomic E-state index is 13.2. The molecule has 0 radical (unpaired) electrons. The first-order valence-corrected chi connectivity index (χ1v) is 10.9. The minimum Gasteiger partial charge on any atom is -0.341 e. The number of amides is 2. The lowest BCUT2D eigenvalue weighted by Crippen LogP contribution is -2.52. The Morgan fingerprint density at radius 3 is 2.54 bits per heavy atom. The standard InChI is InChI=1S/C22H29N3O2S/c1-2-23-16-18-10-12-25(13-11-18)22(27)19(15-17-7-4-3-5-8-17)24-21(26)20-9-6-14-28-20/h3-9,14,18-19,23H,2,10-13,15-16H2,1H3,(H,24,26). The molecular weight excluding hydrogens is 370 g/mol. The first-order valence-electron chi connectivity index (χ1n) is 10.0. The van der Waals surface area contributed by atoms with Crippen LogP contribution in [-0.2, 0) is 11.2 Å². The molecule has 0 saturated carbocycles. The third-order valence-electron chi connectivity index (χ3n) is 5.24. The number of likely N-dealkylation sites (tertiary alicyclic amines) is 1. The molecule has 0 aliphatic carbocycles. The number of carbonyl (C=O) groups is 2. The highest BCUT2D eigenvalue weighted by atomic mass is 32.1. The van der Waals surface area contributed by atoms with Crippen molar-refractivity contribution in [1.82, 2.24) is 15.5 Å². The van der Waals surface area contributed by atoms with Gasteiger partial charge in [-0.2, -0.15) is 0 Å². The Labute approximate surface area is 171 Å². The van der Waals surface area contributed by atoms with Crippen LogP contribution in [0.1, 0.15) is 35.0 Å².